The summed E-state index contributed by atoms with van der Waals surface area (Å²) in [4.78, 5) is 14.6. The monoisotopic (exact) mass is 309 g/mol. The van der Waals surface area contributed by atoms with Crippen molar-refractivity contribution in [1.82, 2.24) is 9.55 Å². The fourth-order valence-electron chi connectivity index (χ4n) is 2.00. The van der Waals surface area contributed by atoms with Crippen LogP contribution in [-0.2, 0) is 22.6 Å². The van der Waals surface area contributed by atoms with Crippen LogP contribution in [0.5, 0.6) is 0 Å². The van der Waals surface area contributed by atoms with Crippen molar-refractivity contribution in [1.29, 1.82) is 0 Å². The molecule has 2 aromatic rings. The molecule has 21 heavy (non-hydrogen) atoms. The van der Waals surface area contributed by atoms with Crippen molar-refractivity contribution in [2.75, 3.05) is 0 Å². The van der Waals surface area contributed by atoms with Crippen molar-refractivity contribution in [3.8, 4) is 0 Å². The molecule has 0 aliphatic rings. The molecule has 0 N–H and O–H groups in total. The normalized spacial score (nSPS) is 11.6. The van der Waals surface area contributed by atoms with E-state index in [0.29, 0.717) is 5.82 Å². The summed E-state index contributed by atoms with van der Waals surface area (Å²) in [5.41, 5.74) is 0.897. The van der Waals surface area contributed by atoms with Crippen LogP contribution in [0.15, 0.2) is 29.2 Å². The van der Waals surface area contributed by atoms with Crippen molar-refractivity contribution in [3.05, 3.63) is 51.5 Å². The second-order valence-corrected chi connectivity index (χ2v) is 6.81. The van der Waals surface area contributed by atoms with Gasteiger partial charge in [0.1, 0.15) is 5.75 Å². The van der Waals surface area contributed by atoms with Crippen LogP contribution in [0.2, 0.25) is 0 Å². The van der Waals surface area contributed by atoms with Crippen LogP contribution in [0.1, 0.15) is 17.1 Å². The molecule has 1 aromatic carbocycles. The van der Waals surface area contributed by atoms with Crippen molar-refractivity contribution in [2.45, 2.75) is 24.5 Å². The zero-order valence-electron chi connectivity index (χ0n) is 11.9. The maximum absolute atomic E-state index is 12.3. The molecule has 0 saturated heterocycles. The van der Waals surface area contributed by atoms with Gasteiger partial charge in [-0.2, -0.15) is 0 Å². The van der Waals surface area contributed by atoms with Crippen molar-refractivity contribution in [2.24, 2.45) is 7.05 Å². The Hall–Kier alpha value is -2.22. The number of sulfone groups is 1. The number of aryl methyl sites for hydroxylation is 2. The molecule has 1 heterocycles. The van der Waals surface area contributed by atoms with Gasteiger partial charge in [0.25, 0.3) is 0 Å². The van der Waals surface area contributed by atoms with Gasteiger partial charge >= 0.3 is 5.82 Å². The number of aromatic nitrogens is 2. The Morgan fingerprint density at radius 1 is 1.24 bits per heavy atom. The SMILES string of the molecule is Cc1ccc(S(=O)(=O)Cc2nc(C)n(C)c2[N+](=O)[O-])cc1. The zero-order valence-corrected chi connectivity index (χ0v) is 12.7. The maximum atomic E-state index is 12.3. The molecule has 0 saturated carbocycles. The van der Waals surface area contributed by atoms with E-state index in [1.165, 1.54) is 23.7 Å². The van der Waals surface area contributed by atoms with Gasteiger partial charge < -0.3 is 10.1 Å². The average Bonchev–Trinajstić information content (AvgIpc) is 2.64. The highest BCUT2D eigenvalue weighted by Crippen LogP contribution is 2.24. The first-order chi connectivity index (χ1) is 9.72. The topological polar surface area (TPSA) is 95.1 Å². The van der Waals surface area contributed by atoms with Gasteiger partial charge in [0.15, 0.2) is 21.4 Å². The smallest absolute Gasteiger partial charge is 0.346 e. The van der Waals surface area contributed by atoms with E-state index in [2.05, 4.69) is 4.98 Å². The highest BCUT2D eigenvalue weighted by Gasteiger charge is 2.27. The van der Waals surface area contributed by atoms with Gasteiger partial charge in [-0.1, -0.05) is 17.7 Å². The molecule has 0 unspecified atom stereocenters. The van der Waals surface area contributed by atoms with E-state index in [4.69, 9.17) is 0 Å². The van der Waals surface area contributed by atoms with Crippen molar-refractivity contribution in [3.63, 3.8) is 0 Å². The lowest BCUT2D eigenvalue weighted by molar-refractivity contribution is -0.392. The number of benzene rings is 1. The lowest BCUT2D eigenvalue weighted by Gasteiger charge is -2.03. The molecular weight excluding hydrogens is 294 g/mol. The van der Waals surface area contributed by atoms with Crippen LogP contribution < -0.4 is 0 Å². The average molecular weight is 309 g/mol. The number of nitro groups is 1. The lowest BCUT2D eigenvalue weighted by Crippen LogP contribution is -2.08. The maximum Gasteiger partial charge on any atom is 0.346 e. The summed E-state index contributed by atoms with van der Waals surface area (Å²) in [5, 5.41) is 11.1. The van der Waals surface area contributed by atoms with E-state index in [1.807, 2.05) is 6.92 Å². The highest BCUT2D eigenvalue weighted by atomic mass is 32.2. The summed E-state index contributed by atoms with van der Waals surface area (Å²) in [6.07, 6.45) is 0. The first kappa shape index (κ1) is 15.2. The molecule has 0 bridgehead atoms. The Morgan fingerprint density at radius 3 is 2.33 bits per heavy atom. The van der Waals surface area contributed by atoms with E-state index >= 15 is 0 Å². The predicted octanol–water partition coefficient (Wildman–Crippen LogP) is 1.92. The minimum Gasteiger partial charge on any atom is -0.358 e. The second kappa shape index (κ2) is 5.28. The number of imidazole rings is 1. The molecule has 8 heteroatoms. The summed E-state index contributed by atoms with van der Waals surface area (Å²) >= 11 is 0. The Labute approximate surface area is 122 Å². The molecule has 7 nitrogen and oxygen atoms in total. The number of hydrogen-bond donors (Lipinski definition) is 0. The lowest BCUT2D eigenvalue weighted by atomic mass is 10.2. The molecule has 0 aliphatic carbocycles. The predicted molar refractivity (Wildman–Crippen MR) is 76.7 cm³/mol. The molecule has 0 amide bonds. The summed E-state index contributed by atoms with van der Waals surface area (Å²) in [6.45, 7) is 3.44. The Bertz CT molecular complexity index is 792. The van der Waals surface area contributed by atoms with Crippen LogP contribution in [0.3, 0.4) is 0 Å². The molecule has 0 spiro atoms. The largest absolute Gasteiger partial charge is 0.358 e. The zero-order chi connectivity index (χ0) is 15.8. The van der Waals surface area contributed by atoms with Crippen molar-refractivity contribution < 1.29 is 13.3 Å². The van der Waals surface area contributed by atoms with Crippen molar-refractivity contribution >= 4 is 15.7 Å². The van der Waals surface area contributed by atoms with Gasteiger partial charge in [0.2, 0.25) is 0 Å². The minimum absolute atomic E-state index is 0.0411. The first-order valence-corrected chi connectivity index (χ1v) is 7.83. The van der Waals surface area contributed by atoms with Gasteiger partial charge in [0.05, 0.1) is 11.9 Å². The fourth-order valence-corrected chi connectivity index (χ4v) is 3.27. The summed E-state index contributed by atoms with van der Waals surface area (Å²) in [5.74, 6) is -0.382. The third-order valence-corrected chi connectivity index (χ3v) is 4.88. The van der Waals surface area contributed by atoms with Gasteiger partial charge in [-0.25, -0.2) is 18.0 Å². The highest BCUT2D eigenvalue weighted by molar-refractivity contribution is 7.90. The first-order valence-electron chi connectivity index (χ1n) is 6.18. The molecule has 2 rings (SSSR count). The summed E-state index contributed by atoms with van der Waals surface area (Å²) in [6, 6.07) is 6.36. The Kier molecular flexibility index (Phi) is 3.82. The molecule has 0 aliphatic heterocycles. The van der Waals surface area contributed by atoms with E-state index < -0.39 is 20.5 Å². The molecule has 0 atom stereocenters. The quantitative estimate of drug-likeness (QED) is 0.635. The van der Waals surface area contributed by atoms with Crippen LogP contribution in [-0.4, -0.2) is 22.9 Å². The number of nitrogens with zero attached hydrogens (tertiary/aromatic N) is 3. The van der Waals surface area contributed by atoms with Gasteiger partial charge in [-0.15, -0.1) is 0 Å². The third kappa shape index (κ3) is 2.94. The van der Waals surface area contributed by atoms with E-state index in [0.717, 1.165) is 5.56 Å². The van der Waals surface area contributed by atoms with Gasteiger partial charge in [-0.05, 0) is 24.0 Å². The van der Waals surface area contributed by atoms with E-state index in [1.54, 1.807) is 19.1 Å². The fraction of sp³-hybridized carbons (Fsp3) is 0.308. The molecule has 0 radical (unpaired) electrons. The van der Waals surface area contributed by atoms with Crippen LogP contribution >= 0.6 is 0 Å². The number of rotatable bonds is 4. The standard InChI is InChI=1S/C13H15N3O4S/c1-9-4-6-11(7-5-9)21(19,20)8-12-13(16(17)18)15(3)10(2)14-12/h4-7H,8H2,1-3H3. The molecule has 112 valence electrons. The van der Waals surface area contributed by atoms with Crippen LogP contribution in [0.25, 0.3) is 0 Å². The van der Waals surface area contributed by atoms with Crippen LogP contribution in [0, 0.1) is 24.0 Å². The molecule has 1 aromatic heterocycles. The number of hydrogen-bond acceptors (Lipinski definition) is 5. The molecule has 0 fully saturated rings. The Balaban J connectivity index is 2.44. The Morgan fingerprint density at radius 2 is 1.81 bits per heavy atom. The summed E-state index contributed by atoms with van der Waals surface area (Å²) in [7, 11) is -2.18. The van der Waals surface area contributed by atoms with Crippen LogP contribution in [0.4, 0.5) is 5.82 Å². The van der Waals surface area contributed by atoms with E-state index in [9.17, 15) is 18.5 Å². The van der Waals surface area contributed by atoms with Gasteiger partial charge in [-0.3, -0.25) is 0 Å². The third-order valence-electron chi connectivity index (χ3n) is 3.24. The second-order valence-electron chi connectivity index (χ2n) is 4.82. The molecular formula is C13H15N3O4S. The summed E-state index contributed by atoms with van der Waals surface area (Å²) < 4.78 is 26.0. The minimum atomic E-state index is -3.67. The van der Waals surface area contributed by atoms with Gasteiger partial charge in [0, 0.05) is 6.92 Å². The van der Waals surface area contributed by atoms with E-state index in [-0.39, 0.29) is 16.4 Å².